The van der Waals surface area contributed by atoms with Crippen LogP contribution < -0.4 is 9.62 Å². The molecule has 0 saturated carbocycles. The molecule has 1 N–H and O–H groups in total. The van der Waals surface area contributed by atoms with Gasteiger partial charge in [-0.3, -0.25) is 9.10 Å². The summed E-state index contributed by atoms with van der Waals surface area (Å²) in [6.45, 7) is 5.82. The van der Waals surface area contributed by atoms with Crippen molar-refractivity contribution < 1.29 is 13.2 Å². The summed E-state index contributed by atoms with van der Waals surface area (Å²) in [4.78, 5) is 12.5. The summed E-state index contributed by atoms with van der Waals surface area (Å²) in [5.41, 5.74) is 3.49. The van der Waals surface area contributed by atoms with Gasteiger partial charge < -0.3 is 5.32 Å². The Hall–Kier alpha value is -2.34. The van der Waals surface area contributed by atoms with E-state index in [2.05, 4.69) is 5.32 Å². The van der Waals surface area contributed by atoms with Crippen LogP contribution in [0.3, 0.4) is 0 Å². The van der Waals surface area contributed by atoms with Gasteiger partial charge in [-0.1, -0.05) is 36.4 Å². The van der Waals surface area contributed by atoms with Crippen molar-refractivity contribution in [2.75, 3.05) is 10.6 Å². The second kappa shape index (κ2) is 7.70. The van der Waals surface area contributed by atoms with Crippen LogP contribution in [-0.2, 0) is 21.4 Å². The number of hydrogen-bond donors (Lipinski definition) is 1. The average Bonchev–Trinajstić information content (AvgIpc) is 2.55. The van der Waals surface area contributed by atoms with Gasteiger partial charge in [0.1, 0.15) is 6.04 Å². The van der Waals surface area contributed by atoms with Gasteiger partial charge in [-0.05, 0) is 49.6 Å². The molecule has 0 unspecified atom stereocenters. The molecule has 5 nitrogen and oxygen atoms in total. The lowest BCUT2D eigenvalue weighted by Gasteiger charge is -2.28. The van der Waals surface area contributed by atoms with E-state index in [1.54, 1.807) is 19.1 Å². The number of sulfonamides is 1. The molecule has 0 heterocycles. The highest BCUT2D eigenvalue weighted by atomic mass is 32.2. The van der Waals surface area contributed by atoms with Crippen molar-refractivity contribution in [2.45, 2.75) is 33.4 Å². The van der Waals surface area contributed by atoms with E-state index in [-0.39, 0.29) is 5.91 Å². The smallest absolute Gasteiger partial charge is 0.243 e. The van der Waals surface area contributed by atoms with Crippen molar-refractivity contribution in [1.29, 1.82) is 0 Å². The number of hydrogen-bond acceptors (Lipinski definition) is 3. The van der Waals surface area contributed by atoms with Crippen LogP contribution in [0.25, 0.3) is 0 Å². The van der Waals surface area contributed by atoms with Crippen LogP contribution in [0.2, 0.25) is 0 Å². The van der Waals surface area contributed by atoms with Gasteiger partial charge in [-0.25, -0.2) is 8.42 Å². The molecule has 2 aromatic rings. The summed E-state index contributed by atoms with van der Waals surface area (Å²) in [6, 6.07) is 14.0. The Morgan fingerprint density at radius 1 is 1.08 bits per heavy atom. The number of carbonyl (C=O) groups is 1. The molecule has 0 fully saturated rings. The van der Waals surface area contributed by atoms with E-state index in [9.17, 15) is 13.2 Å². The van der Waals surface area contributed by atoms with E-state index in [1.807, 2.05) is 50.2 Å². The van der Waals surface area contributed by atoms with Gasteiger partial charge in [0.2, 0.25) is 15.9 Å². The van der Waals surface area contributed by atoms with Crippen LogP contribution in [0.1, 0.15) is 23.6 Å². The summed E-state index contributed by atoms with van der Waals surface area (Å²) in [6.07, 6.45) is 1.11. The van der Waals surface area contributed by atoms with E-state index in [4.69, 9.17) is 0 Å². The Kier molecular flexibility index (Phi) is 5.85. The highest BCUT2D eigenvalue weighted by Gasteiger charge is 2.29. The predicted octanol–water partition coefficient (Wildman–Crippen LogP) is 2.77. The molecule has 0 aromatic heterocycles. The van der Waals surface area contributed by atoms with Crippen molar-refractivity contribution in [2.24, 2.45) is 0 Å². The van der Waals surface area contributed by atoms with Crippen molar-refractivity contribution in [3.63, 3.8) is 0 Å². The molecular formula is C19H24N2O3S. The first-order valence-electron chi connectivity index (χ1n) is 8.08. The molecule has 134 valence electrons. The molecule has 25 heavy (non-hydrogen) atoms. The molecule has 0 aliphatic heterocycles. The maximum atomic E-state index is 12.5. The number of aryl methyl sites for hydroxylation is 2. The van der Waals surface area contributed by atoms with Crippen LogP contribution in [0.5, 0.6) is 0 Å². The average molecular weight is 360 g/mol. The Labute approximate surface area is 149 Å². The molecule has 0 bridgehead atoms. The van der Waals surface area contributed by atoms with Crippen LogP contribution in [0.15, 0.2) is 48.5 Å². The van der Waals surface area contributed by atoms with Crippen molar-refractivity contribution in [3.05, 3.63) is 65.2 Å². The normalized spacial score (nSPS) is 12.5. The standard InChI is InChI=1S/C19H24N2O3S/c1-14-10-11-18(12-15(14)2)21(25(4,23)24)16(3)19(22)20-13-17-8-6-5-7-9-17/h5-12,16H,13H2,1-4H3,(H,20,22)/t16-/m0/s1. The number of nitrogens with zero attached hydrogens (tertiary/aromatic N) is 1. The summed E-state index contributed by atoms with van der Waals surface area (Å²) in [5.74, 6) is -0.340. The van der Waals surface area contributed by atoms with Crippen LogP contribution >= 0.6 is 0 Å². The van der Waals surface area contributed by atoms with Gasteiger partial charge in [0, 0.05) is 6.54 Å². The first-order chi connectivity index (χ1) is 11.7. The second-order valence-electron chi connectivity index (χ2n) is 6.21. The molecule has 2 rings (SSSR count). The van der Waals surface area contributed by atoms with E-state index >= 15 is 0 Å². The zero-order chi connectivity index (χ0) is 18.6. The fourth-order valence-electron chi connectivity index (χ4n) is 2.60. The number of benzene rings is 2. The quantitative estimate of drug-likeness (QED) is 0.861. The number of anilines is 1. The van der Waals surface area contributed by atoms with Crippen molar-refractivity contribution in [3.8, 4) is 0 Å². The Morgan fingerprint density at radius 2 is 1.72 bits per heavy atom. The zero-order valence-corrected chi connectivity index (χ0v) is 15.8. The maximum Gasteiger partial charge on any atom is 0.243 e. The summed E-state index contributed by atoms with van der Waals surface area (Å²) >= 11 is 0. The van der Waals surface area contributed by atoms with Gasteiger partial charge >= 0.3 is 0 Å². The second-order valence-corrected chi connectivity index (χ2v) is 8.07. The molecule has 1 amide bonds. The first kappa shape index (κ1) is 19.0. The molecule has 0 spiro atoms. The maximum absolute atomic E-state index is 12.5. The highest BCUT2D eigenvalue weighted by molar-refractivity contribution is 7.92. The largest absolute Gasteiger partial charge is 0.350 e. The number of carbonyl (C=O) groups excluding carboxylic acids is 1. The van der Waals surface area contributed by atoms with Crippen LogP contribution in [0.4, 0.5) is 5.69 Å². The third-order valence-electron chi connectivity index (χ3n) is 4.14. The van der Waals surface area contributed by atoms with Gasteiger partial charge in [0.05, 0.1) is 11.9 Å². The monoisotopic (exact) mass is 360 g/mol. The number of amides is 1. The highest BCUT2D eigenvalue weighted by Crippen LogP contribution is 2.23. The van der Waals surface area contributed by atoms with Gasteiger partial charge in [0.25, 0.3) is 0 Å². The fourth-order valence-corrected chi connectivity index (χ4v) is 3.77. The van der Waals surface area contributed by atoms with Crippen LogP contribution in [-0.4, -0.2) is 26.6 Å². The SMILES string of the molecule is Cc1ccc(N([C@@H](C)C(=O)NCc2ccccc2)S(C)(=O)=O)cc1C. The third-order valence-corrected chi connectivity index (χ3v) is 5.38. The minimum absolute atomic E-state index is 0.340. The Bertz CT molecular complexity index is 848. The summed E-state index contributed by atoms with van der Waals surface area (Å²) < 4.78 is 25.8. The molecule has 1 atom stereocenters. The molecule has 0 saturated heterocycles. The molecule has 2 aromatic carbocycles. The topological polar surface area (TPSA) is 66.5 Å². The lowest BCUT2D eigenvalue weighted by atomic mass is 10.1. The summed E-state index contributed by atoms with van der Waals surface area (Å²) in [5, 5.41) is 2.80. The Balaban J connectivity index is 2.22. The van der Waals surface area contributed by atoms with Crippen molar-refractivity contribution >= 4 is 21.6 Å². The van der Waals surface area contributed by atoms with Gasteiger partial charge in [-0.2, -0.15) is 0 Å². The fraction of sp³-hybridized carbons (Fsp3) is 0.316. The lowest BCUT2D eigenvalue weighted by Crippen LogP contribution is -2.47. The molecule has 0 radical (unpaired) electrons. The third kappa shape index (κ3) is 4.82. The molecule has 6 heteroatoms. The molecule has 0 aliphatic carbocycles. The van der Waals surface area contributed by atoms with E-state index in [1.165, 1.54) is 4.31 Å². The zero-order valence-electron chi connectivity index (χ0n) is 15.0. The van der Waals surface area contributed by atoms with Gasteiger partial charge in [0.15, 0.2) is 0 Å². The van der Waals surface area contributed by atoms with E-state index in [0.717, 1.165) is 22.9 Å². The van der Waals surface area contributed by atoms with E-state index in [0.29, 0.717) is 12.2 Å². The predicted molar refractivity (Wildman–Crippen MR) is 101 cm³/mol. The van der Waals surface area contributed by atoms with Gasteiger partial charge in [-0.15, -0.1) is 0 Å². The van der Waals surface area contributed by atoms with E-state index < -0.39 is 16.1 Å². The summed E-state index contributed by atoms with van der Waals surface area (Å²) in [7, 11) is -3.60. The molecular weight excluding hydrogens is 336 g/mol. The van der Waals surface area contributed by atoms with Crippen LogP contribution in [0, 0.1) is 13.8 Å². The number of rotatable bonds is 6. The molecule has 0 aliphatic rings. The first-order valence-corrected chi connectivity index (χ1v) is 9.93. The number of nitrogens with one attached hydrogen (secondary N) is 1. The minimum atomic E-state index is -3.60. The minimum Gasteiger partial charge on any atom is -0.350 e. The Morgan fingerprint density at radius 3 is 2.28 bits per heavy atom. The van der Waals surface area contributed by atoms with Crippen molar-refractivity contribution in [1.82, 2.24) is 5.32 Å². The lowest BCUT2D eigenvalue weighted by molar-refractivity contribution is -0.122.